The molecule has 0 radical (unpaired) electrons. The molecule has 0 amide bonds. The van der Waals surface area contributed by atoms with Crippen LogP contribution < -0.4 is 0 Å². The minimum Gasteiger partial charge on any atom is -0.481 e. The van der Waals surface area contributed by atoms with E-state index in [1.165, 1.54) is 13.8 Å². The summed E-state index contributed by atoms with van der Waals surface area (Å²) >= 11 is 0. The molecule has 0 atom stereocenters. The summed E-state index contributed by atoms with van der Waals surface area (Å²) in [4.78, 5) is 31.0. The second kappa shape index (κ2) is 12.5. The molecule has 4 N–H and O–H groups in total. The number of carboxylic acids is 2. The van der Waals surface area contributed by atoms with Crippen molar-refractivity contribution in [2.24, 2.45) is 16.2 Å². The molecule has 0 saturated carbocycles. The number of carboxylic acid groups (broad SMARTS) is 2. The molecule has 0 aliphatic carbocycles. The molecule has 0 aromatic rings. The fraction of sp³-hybridized carbons (Fsp3) is 0.737. The number of carbonyl (C=O) groups is 3. The van der Waals surface area contributed by atoms with Crippen molar-refractivity contribution in [3.8, 4) is 0 Å². The van der Waals surface area contributed by atoms with Gasteiger partial charge in [-0.05, 0) is 41.5 Å². The lowest BCUT2D eigenvalue weighted by atomic mass is 9.96. The van der Waals surface area contributed by atoms with E-state index in [2.05, 4.69) is 6.58 Å². The zero-order chi connectivity index (χ0) is 22.6. The predicted octanol–water partition coefficient (Wildman–Crippen LogP) is 2.33. The van der Waals surface area contributed by atoms with E-state index in [1.807, 2.05) is 13.8 Å². The van der Waals surface area contributed by atoms with Gasteiger partial charge >= 0.3 is 17.9 Å². The lowest BCUT2D eigenvalue weighted by Crippen LogP contribution is -2.27. The predicted molar refractivity (Wildman–Crippen MR) is 102 cm³/mol. The second-order valence-corrected chi connectivity index (χ2v) is 8.58. The van der Waals surface area contributed by atoms with E-state index in [0.717, 1.165) is 0 Å². The Morgan fingerprint density at radius 2 is 1.22 bits per heavy atom. The number of hydrogen-bond acceptors (Lipinski definition) is 6. The first kappa shape index (κ1) is 29.8. The van der Waals surface area contributed by atoms with Gasteiger partial charge in [-0.25, -0.2) is 4.79 Å². The molecule has 8 nitrogen and oxygen atoms in total. The lowest BCUT2D eigenvalue weighted by molar-refractivity contribution is -0.149. The number of rotatable bonds is 6. The summed E-state index contributed by atoms with van der Waals surface area (Å²) in [6, 6.07) is 0. The largest absolute Gasteiger partial charge is 0.481 e. The van der Waals surface area contributed by atoms with Crippen molar-refractivity contribution in [1.82, 2.24) is 0 Å². The minimum atomic E-state index is -0.986. The molecule has 0 rings (SSSR count). The van der Waals surface area contributed by atoms with Crippen molar-refractivity contribution in [3.63, 3.8) is 0 Å². The third kappa shape index (κ3) is 17.3. The fourth-order valence-corrected chi connectivity index (χ4v) is 0.497. The van der Waals surface area contributed by atoms with Crippen LogP contribution in [0.4, 0.5) is 0 Å². The van der Waals surface area contributed by atoms with Gasteiger partial charge in [0, 0.05) is 11.0 Å². The number of esters is 1. The Labute approximate surface area is 161 Å². The SMILES string of the molecule is C=C(C)C(=O)OCC(C)(C)CO.CC(C)(C)C(=O)O.CC(C)(CO)C(=O)O. The Kier molecular flexibility index (Phi) is 13.8. The van der Waals surface area contributed by atoms with Crippen LogP contribution in [0.15, 0.2) is 12.2 Å². The first-order valence-electron chi connectivity index (χ1n) is 8.35. The highest BCUT2D eigenvalue weighted by Crippen LogP contribution is 2.14. The zero-order valence-electron chi connectivity index (χ0n) is 17.8. The van der Waals surface area contributed by atoms with Crippen LogP contribution in [-0.2, 0) is 19.1 Å². The average molecular weight is 392 g/mol. The van der Waals surface area contributed by atoms with E-state index >= 15 is 0 Å². The molecule has 0 aliphatic rings. The van der Waals surface area contributed by atoms with Gasteiger partial charge in [0.25, 0.3) is 0 Å². The summed E-state index contributed by atoms with van der Waals surface area (Å²) in [6.45, 7) is 16.5. The summed E-state index contributed by atoms with van der Waals surface area (Å²) in [7, 11) is 0. The molecule has 8 heteroatoms. The highest BCUT2D eigenvalue weighted by atomic mass is 16.5. The van der Waals surface area contributed by atoms with Gasteiger partial charge in [-0.15, -0.1) is 0 Å². The van der Waals surface area contributed by atoms with Crippen molar-refractivity contribution in [1.29, 1.82) is 0 Å². The average Bonchev–Trinajstić information content (AvgIpc) is 2.52. The Hall–Kier alpha value is -1.93. The van der Waals surface area contributed by atoms with E-state index in [1.54, 1.807) is 27.7 Å². The molecule has 160 valence electrons. The molecule has 0 unspecified atom stereocenters. The molecular weight excluding hydrogens is 356 g/mol. The summed E-state index contributed by atoms with van der Waals surface area (Å²) in [5.74, 6) is -2.14. The topological polar surface area (TPSA) is 141 Å². The van der Waals surface area contributed by atoms with Gasteiger partial charge < -0.3 is 25.2 Å². The molecular formula is C19H36O8. The molecule has 0 spiro atoms. The Morgan fingerprint density at radius 1 is 0.852 bits per heavy atom. The van der Waals surface area contributed by atoms with E-state index in [4.69, 9.17) is 25.2 Å². The maximum atomic E-state index is 10.9. The van der Waals surface area contributed by atoms with Crippen molar-refractivity contribution in [3.05, 3.63) is 12.2 Å². The van der Waals surface area contributed by atoms with Crippen LogP contribution in [0.5, 0.6) is 0 Å². The molecule has 0 saturated heterocycles. The smallest absolute Gasteiger partial charge is 0.333 e. The molecule has 0 aromatic heterocycles. The van der Waals surface area contributed by atoms with Crippen LogP contribution in [0.3, 0.4) is 0 Å². The van der Waals surface area contributed by atoms with E-state index in [9.17, 15) is 14.4 Å². The van der Waals surface area contributed by atoms with E-state index in [0.29, 0.717) is 5.57 Å². The molecule has 0 bridgehead atoms. The quantitative estimate of drug-likeness (QED) is 0.398. The van der Waals surface area contributed by atoms with Crippen molar-refractivity contribution in [2.75, 3.05) is 19.8 Å². The Morgan fingerprint density at radius 3 is 1.37 bits per heavy atom. The monoisotopic (exact) mass is 392 g/mol. The van der Waals surface area contributed by atoms with Gasteiger partial charge in [0.15, 0.2) is 0 Å². The van der Waals surface area contributed by atoms with Gasteiger partial charge in [-0.2, -0.15) is 0 Å². The summed E-state index contributed by atoms with van der Waals surface area (Å²) in [5.41, 5.74) is -1.56. The Bertz CT molecular complexity index is 498. The van der Waals surface area contributed by atoms with Crippen LogP contribution in [0, 0.1) is 16.2 Å². The number of aliphatic carboxylic acids is 2. The number of aliphatic hydroxyl groups is 2. The molecule has 27 heavy (non-hydrogen) atoms. The van der Waals surface area contributed by atoms with Gasteiger partial charge in [-0.3, -0.25) is 9.59 Å². The zero-order valence-corrected chi connectivity index (χ0v) is 17.8. The Balaban J connectivity index is -0.000000336. The van der Waals surface area contributed by atoms with Crippen molar-refractivity contribution < 1.29 is 39.5 Å². The van der Waals surface area contributed by atoms with Crippen LogP contribution >= 0.6 is 0 Å². The maximum Gasteiger partial charge on any atom is 0.333 e. The number of ether oxygens (including phenoxy) is 1. The number of hydrogen-bond donors (Lipinski definition) is 4. The minimum absolute atomic E-state index is 0.00350. The van der Waals surface area contributed by atoms with E-state index in [-0.39, 0.29) is 25.2 Å². The first-order chi connectivity index (χ1) is 11.8. The fourth-order valence-electron chi connectivity index (χ4n) is 0.497. The van der Waals surface area contributed by atoms with Crippen LogP contribution in [-0.4, -0.2) is 58.2 Å². The first-order valence-corrected chi connectivity index (χ1v) is 8.35. The van der Waals surface area contributed by atoms with Gasteiger partial charge in [-0.1, -0.05) is 20.4 Å². The standard InChI is InChI=1S/C9H16O3.C5H10O3.C5H10O2/c1-7(2)8(11)12-6-9(3,4)5-10;1-5(2,3-6)4(7)8;1-5(2,3)4(6)7/h10H,1,5-6H2,2-4H3;6H,3H2,1-2H3,(H,7,8);1-3H3,(H,6,7). The van der Waals surface area contributed by atoms with Crippen LogP contribution in [0.25, 0.3) is 0 Å². The third-order valence-electron chi connectivity index (χ3n) is 2.99. The van der Waals surface area contributed by atoms with Crippen molar-refractivity contribution in [2.45, 2.75) is 55.4 Å². The van der Waals surface area contributed by atoms with Gasteiger partial charge in [0.05, 0.1) is 30.7 Å². The van der Waals surface area contributed by atoms with Crippen LogP contribution in [0.1, 0.15) is 55.4 Å². The lowest BCUT2D eigenvalue weighted by Gasteiger charge is -2.20. The molecule has 0 aromatic carbocycles. The highest BCUT2D eigenvalue weighted by molar-refractivity contribution is 5.86. The summed E-state index contributed by atoms with van der Waals surface area (Å²) in [5, 5.41) is 33.7. The van der Waals surface area contributed by atoms with Gasteiger partial charge in [0.1, 0.15) is 0 Å². The van der Waals surface area contributed by atoms with E-state index < -0.39 is 28.7 Å². The summed E-state index contributed by atoms with van der Waals surface area (Å²) < 4.78 is 4.86. The van der Waals surface area contributed by atoms with Crippen molar-refractivity contribution >= 4 is 17.9 Å². The molecule has 0 aliphatic heterocycles. The van der Waals surface area contributed by atoms with Gasteiger partial charge in [0.2, 0.25) is 0 Å². The highest BCUT2D eigenvalue weighted by Gasteiger charge is 2.25. The number of carbonyl (C=O) groups excluding carboxylic acids is 1. The maximum absolute atomic E-state index is 10.9. The second-order valence-electron chi connectivity index (χ2n) is 8.58. The molecule has 0 fully saturated rings. The summed E-state index contributed by atoms with van der Waals surface area (Å²) in [6.07, 6.45) is 0. The molecule has 0 heterocycles. The third-order valence-corrected chi connectivity index (χ3v) is 2.99. The number of aliphatic hydroxyl groups excluding tert-OH is 2. The normalized spacial score (nSPS) is 11.2. The van der Waals surface area contributed by atoms with Crippen LogP contribution in [0.2, 0.25) is 0 Å².